The summed E-state index contributed by atoms with van der Waals surface area (Å²) in [7, 11) is 1.69. The number of hydrogen-bond acceptors (Lipinski definition) is 4. The van der Waals surface area contributed by atoms with E-state index in [4.69, 9.17) is 19.6 Å². The van der Waals surface area contributed by atoms with Gasteiger partial charge in [0, 0.05) is 34.5 Å². The molecule has 0 amide bonds. The van der Waals surface area contributed by atoms with Crippen molar-refractivity contribution in [2.45, 2.75) is 40.0 Å². The molecule has 0 aliphatic carbocycles. The average molecular weight is 786 g/mol. The molecule has 7 heteroatoms. The van der Waals surface area contributed by atoms with Gasteiger partial charge < -0.3 is 14.0 Å². The summed E-state index contributed by atoms with van der Waals surface area (Å²) in [5.41, 5.74) is 8.16. The fraction of sp³-hybridized carbons (Fsp3) is 0.179. The predicted molar refractivity (Wildman–Crippen MR) is 180 cm³/mol. The molecule has 0 atom stereocenters. The molecule has 0 aliphatic heterocycles. The first kappa shape index (κ1) is 31.3. The Balaban J connectivity index is 0.00000372. The van der Waals surface area contributed by atoms with E-state index in [1.807, 2.05) is 66.3 Å². The van der Waals surface area contributed by atoms with Gasteiger partial charge >= 0.3 is 21.1 Å². The number of hydrogen-bond donors (Lipinski definition) is 0. The Kier molecular flexibility index (Phi) is 8.35. The maximum atomic E-state index is 6.41. The van der Waals surface area contributed by atoms with E-state index < -0.39 is 0 Å². The van der Waals surface area contributed by atoms with E-state index >= 15 is 0 Å². The second-order valence-electron chi connectivity index (χ2n) is 12.3. The molecule has 3 aromatic heterocycles. The SMILES string of the molecule is COc1ccc2c(c1)c1ccc(Oc3[c-]c(-n4nc(C)c(-c5ccccc5)c4C)ccc3)[c-]c1n2-c1cc(C(C)(C)C)ccn1.[Pt+2]. The number of fused-ring (bicyclic) bond motifs is 3. The Hall–Kier alpha value is -4.67. The number of benzene rings is 4. The van der Waals surface area contributed by atoms with Crippen LogP contribution in [0.4, 0.5) is 0 Å². The smallest absolute Gasteiger partial charge is 0.509 e. The van der Waals surface area contributed by atoms with Crippen LogP contribution in [0.5, 0.6) is 17.2 Å². The Morgan fingerprint density at radius 3 is 2.33 bits per heavy atom. The summed E-state index contributed by atoms with van der Waals surface area (Å²) in [6, 6.07) is 37.5. The third-order valence-electron chi connectivity index (χ3n) is 8.25. The number of rotatable bonds is 6. The van der Waals surface area contributed by atoms with Crippen molar-refractivity contribution in [1.29, 1.82) is 0 Å². The van der Waals surface area contributed by atoms with E-state index in [2.05, 4.69) is 86.9 Å². The van der Waals surface area contributed by atoms with E-state index in [0.717, 1.165) is 61.6 Å². The van der Waals surface area contributed by atoms with Crippen LogP contribution in [0.25, 0.3) is 44.4 Å². The quantitative estimate of drug-likeness (QED) is 0.158. The van der Waals surface area contributed by atoms with Gasteiger partial charge in [-0.15, -0.1) is 35.7 Å². The number of aryl methyl sites for hydroxylation is 1. The minimum atomic E-state index is -0.0220. The number of nitrogens with zero attached hydrogens (tertiary/aromatic N) is 4. The molecule has 4 aromatic carbocycles. The summed E-state index contributed by atoms with van der Waals surface area (Å²) in [6.45, 7) is 10.7. The first-order chi connectivity index (χ1) is 21.7. The van der Waals surface area contributed by atoms with Crippen LogP contribution in [0, 0.1) is 26.0 Å². The van der Waals surface area contributed by atoms with E-state index in [1.165, 1.54) is 5.56 Å². The summed E-state index contributed by atoms with van der Waals surface area (Å²) in [6.07, 6.45) is 1.88. The molecule has 7 aromatic rings. The topological polar surface area (TPSA) is 54.1 Å². The maximum Gasteiger partial charge on any atom is 2.00 e. The fourth-order valence-electron chi connectivity index (χ4n) is 5.97. The minimum absolute atomic E-state index is 0. The van der Waals surface area contributed by atoms with Gasteiger partial charge in [-0.05, 0) is 71.8 Å². The van der Waals surface area contributed by atoms with Crippen molar-refractivity contribution in [2.75, 3.05) is 7.11 Å². The van der Waals surface area contributed by atoms with Crippen LogP contribution < -0.4 is 9.47 Å². The summed E-state index contributed by atoms with van der Waals surface area (Å²) < 4.78 is 16.1. The average Bonchev–Trinajstić information content (AvgIpc) is 3.53. The first-order valence-corrected chi connectivity index (χ1v) is 15.0. The van der Waals surface area contributed by atoms with Crippen molar-refractivity contribution < 1.29 is 30.5 Å². The van der Waals surface area contributed by atoms with E-state index in [0.29, 0.717) is 11.5 Å². The summed E-state index contributed by atoms with van der Waals surface area (Å²) in [4.78, 5) is 4.79. The fourth-order valence-corrected chi connectivity index (χ4v) is 5.97. The zero-order valence-corrected chi connectivity index (χ0v) is 28.9. The zero-order valence-electron chi connectivity index (χ0n) is 26.7. The van der Waals surface area contributed by atoms with Crippen LogP contribution in [0.15, 0.2) is 97.2 Å². The Morgan fingerprint density at radius 1 is 0.783 bits per heavy atom. The molecule has 7 rings (SSSR count). The normalized spacial score (nSPS) is 11.5. The monoisotopic (exact) mass is 785 g/mol. The van der Waals surface area contributed by atoms with Gasteiger partial charge in [-0.25, -0.2) is 4.98 Å². The van der Waals surface area contributed by atoms with Crippen molar-refractivity contribution in [3.63, 3.8) is 0 Å². The third kappa shape index (κ3) is 5.63. The van der Waals surface area contributed by atoms with E-state index in [9.17, 15) is 0 Å². The second-order valence-corrected chi connectivity index (χ2v) is 12.3. The van der Waals surface area contributed by atoms with Gasteiger partial charge in [0.25, 0.3) is 0 Å². The van der Waals surface area contributed by atoms with Crippen LogP contribution in [0.3, 0.4) is 0 Å². The van der Waals surface area contributed by atoms with Gasteiger partial charge in [0.1, 0.15) is 11.6 Å². The Morgan fingerprint density at radius 2 is 1.57 bits per heavy atom. The number of ether oxygens (including phenoxy) is 2. The molecule has 0 fully saturated rings. The van der Waals surface area contributed by atoms with Gasteiger partial charge in [-0.1, -0.05) is 56.6 Å². The second kappa shape index (κ2) is 12.3. The van der Waals surface area contributed by atoms with Crippen LogP contribution in [0.1, 0.15) is 37.7 Å². The summed E-state index contributed by atoms with van der Waals surface area (Å²) in [5, 5.41) is 6.95. The number of methoxy groups -OCH3 is 1. The molecule has 232 valence electrons. The van der Waals surface area contributed by atoms with Gasteiger partial charge in [-0.2, -0.15) is 17.2 Å². The minimum Gasteiger partial charge on any atom is -0.509 e. The molecule has 3 heterocycles. The van der Waals surface area contributed by atoms with Gasteiger partial charge in [0.15, 0.2) is 0 Å². The molecule has 0 bridgehead atoms. The van der Waals surface area contributed by atoms with Crippen LogP contribution in [0.2, 0.25) is 0 Å². The van der Waals surface area contributed by atoms with Gasteiger partial charge in [0.05, 0.1) is 12.8 Å². The predicted octanol–water partition coefficient (Wildman–Crippen LogP) is 9.34. The van der Waals surface area contributed by atoms with E-state index in [-0.39, 0.29) is 26.5 Å². The van der Waals surface area contributed by atoms with Crippen LogP contribution in [-0.4, -0.2) is 26.4 Å². The molecule has 0 aliphatic rings. The zero-order chi connectivity index (χ0) is 31.3. The summed E-state index contributed by atoms with van der Waals surface area (Å²) in [5.74, 6) is 2.78. The molecule has 6 nitrogen and oxygen atoms in total. The van der Waals surface area contributed by atoms with E-state index in [1.54, 1.807) is 7.11 Å². The largest absolute Gasteiger partial charge is 2.00 e. The van der Waals surface area contributed by atoms with Gasteiger partial charge in [0.2, 0.25) is 0 Å². The maximum absolute atomic E-state index is 6.41. The summed E-state index contributed by atoms with van der Waals surface area (Å²) >= 11 is 0. The standard InChI is InChI=1S/C39H34N4O2.Pt/c1-25-38(27-11-8-7-9-12-27)26(2)43(41-25)29-13-10-14-31(22-29)45-32-15-17-33-34-23-30(44-6)16-18-35(34)42(36(33)24-32)37-21-28(19-20-40-37)39(3,4)5;/h7-21,23H,1-6H3;/q-2;+2. The molecule has 0 radical (unpaired) electrons. The van der Waals surface area contributed by atoms with Crippen molar-refractivity contribution in [1.82, 2.24) is 19.3 Å². The molecule has 46 heavy (non-hydrogen) atoms. The van der Waals surface area contributed by atoms with Crippen LogP contribution >= 0.6 is 0 Å². The van der Waals surface area contributed by atoms with Crippen molar-refractivity contribution >= 4 is 21.8 Å². The van der Waals surface area contributed by atoms with Crippen molar-refractivity contribution in [3.05, 3.63) is 126 Å². The van der Waals surface area contributed by atoms with Crippen molar-refractivity contribution in [3.8, 4) is 39.9 Å². The molecule has 0 spiro atoms. The van der Waals surface area contributed by atoms with Crippen molar-refractivity contribution in [2.24, 2.45) is 0 Å². The molecular formula is C39H34N4O2Pt. The molecule has 0 saturated heterocycles. The Labute approximate surface area is 283 Å². The van der Waals surface area contributed by atoms with Gasteiger partial charge in [-0.3, -0.25) is 4.68 Å². The van der Waals surface area contributed by atoms with Crippen LogP contribution in [-0.2, 0) is 26.5 Å². The molecule has 0 saturated carbocycles. The third-order valence-corrected chi connectivity index (χ3v) is 8.25. The first-order valence-electron chi connectivity index (χ1n) is 15.0. The molecule has 0 unspecified atom stereocenters. The molecular weight excluding hydrogens is 752 g/mol. The Bertz CT molecular complexity index is 2190. The number of pyridine rings is 1. The molecule has 0 N–H and O–H groups in total. The number of aromatic nitrogens is 4.